The molecule has 1 heteroatoms. The standard InChI is InChI=1S/C22H27N/c1-12-9-10-13(2)21-18(12)20(22(6,7)8)19-16(5)15(4)14(3)11-17(19)23-21/h9-11H,1-8H3. The molecule has 2 aromatic carbocycles. The van der Waals surface area contributed by atoms with Crippen LogP contribution in [-0.4, -0.2) is 4.98 Å². The third kappa shape index (κ3) is 2.34. The van der Waals surface area contributed by atoms with Crippen molar-refractivity contribution in [1.82, 2.24) is 4.98 Å². The Morgan fingerprint density at radius 2 is 1.35 bits per heavy atom. The first-order chi connectivity index (χ1) is 10.6. The van der Waals surface area contributed by atoms with Crippen molar-refractivity contribution in [3.8, 4) is 0 Å². The highest BCUT2D eigenvalue weighted by atomic mass is 14.7. The Morgan fingerprint density at radius 1 is 0.739 bits per heavy atom. The highest BCUT2D eigenvalue weighted by Gasteiger charge is 2.24. The Hall–Kier alpha value is -1.89. The van der Waals surface area contributed by atoms with Gasteiger partial charge in [0, 0.05) is 10.8 Å². The molecule has 0 atom stereocenters. The van der Waals surface area contributed by atoms with Gasteiger partial charge in [-0.15, -0.1) is 0 Å². The maximum absolute atomic E-state index is 5.07. The molecule has 1 nitrogen and oxygen atoms in total. The summed E-state index contributed by atoms with van der Waals surface area (Å²) >= 11 is 0. The average molecular weight is 305 g/mol. The van der Waals surface area contributed by atoms with E-state index in [-0.39, 0.29) is 5.41 Å². The van der Waals surface area contributed by atoms with Gasteiger partial charge in [0.2, 0.25) is 0 Å². The van der Waals surface area contributed by atoms with E-state index in [1.54, 1.807) is 0 Å². The summed E-state index contributed by atoms with van der Waals surface area (Å²) < 4.78 is 0. The summed E-state index contributed by atoms with van der Waals surface area (Å²) in [6, 6.07) is 6.68. The fourth-order valence-electron chi connectivity index (χ4n) is 3.72. The summed E-state index contributed by atoms with van der Waals surface area (Å²) in [7, 11) is 0. The maximum Gasteiger partial charge on any atom is 0.0744 e. The number of benzene rings is 2. The molecule has 120 valence electrons. The summed E-state index contributed by atoms with van der Waals surface area (Å²) in [5, 5.41) is 2.69. The van der Waals surface area contributed by atoms with Crippen LogP contribution in [0, 0.1) is 34.6 Å². The van der Waals surface area contributed by atoms with Crippen molar-refractivity contribution >= 4 is 21.8 Å². The van der Waals surface area contributed by atoms with Crippen LogP contribution in [0.4, 0.5) is 0 Å². The Balaban J connectivity index is 2.73. The number of nitrogens with zero attached hydrogens (tertiary/aromatic N) is 1. The Labute approximate surface area is 139 Å². The predicted octanol–water partition coefficient (Wildman–Crippen LogP) is 6.23. The average Bonchev–Trinajstić information content (AvgIpc) is 2.46. The van der Waals surface area contributed by atoms with Crippen LogP contribution in [-0.2, 0) is 5.41 Å². The van der Waals surface area contributed by atoms with E-state index in [4.69, 9.17) is 4.98 Å². The molecule has 3 rings (SSSR count). The van der Waals surface area contributed by atoms with Gasteiger partial charge in [-0.25, -0.2) is 4.98 Å². The Bertz CT molecular complexity index is 940. The minimum Gasteiger partial charge on any atom is -0.247 e. The topological polar surface area (TPSA) is 12.9 Å². The van der Waals surface area contributed by atoms with Crippen LogP contribution in [0.1, 0.15) is 54.2 Å². The van der Waals surface area contributed by atoms with Crippen molar-refractivity contribution in [3.05, 3.63) is 51.6 Å². The second-order valence-corrected chi connectivity index (χ2v) is 8.00. The van der Waals surface area contributed by atoms with Gasteiger partial charge in [-0.2, -0.15) is 0 Å². The number of aromatic nitrogens is 1. The van der Waals surface area contributed by atoms with Crippen molar-refractivity contribution in [2.75, 3.05) is 0 Å². The lowest BCUT2D eigenvalue weighted by Crippen LogP contribution is -2.15. The van der Waals surface area contributed by atoms with Crippen LogP contribution in [0.15, 0.2) is 18.2 Å². The monoisotopic (exact) mass is 305 g/mol. The van der Waals surface area contributed by atoms with Crippen LogP contribution in [0.5, 0.6) is 0 Å². The lowest BCUT2D eigenvalue weighted by Gasteiger charge is -2.27. The van der Waals surface area contributed by atoms with Crippen LogP contribution in [0.25, 0.3) is 21.8 Å². The number of pyridine rings is 1. The van der Waals surface area contributed by atoms with Gasteiger partial charge in [-0.3, -0.25) is 0 Å². The minimum atomic E-state index is 0.0739. The third-order valence-electron chi connectivity index (χ3n) is 5.21. The minimum absolute atomic E-state index is 0.0739. The number of hydrogen-bond acceptors (Lipinski definition) is 1. The van der Waals surface area contributed by atoms with Gasteiger partial charge in [0.25, 0.3) is 0 Å². The number of fused-ring (bicyclic) bond motifs is 2. The summed E-state index contributed by atoms with van der Waals surface area (Å²) in [6.45, 7) is 18.0. The molecule has 0 aliphatic rings. The molecule has 0 saturated heterocycles. The first-order valence-electron chi connectivity index (χ1n) is 8.44. The lowest BCUT2D eigenvalue weighted by atomic mass is 9.79. The largest absolute Gasteiger partial charge is 0.247 e. The smallest absolute Gasteiger partial charge is 0.0744 e. The van der Waals surface area contributed by atoms with Crippen molar-refractivity contribution in [1.29, 1.82) is 0 Å². The zero-order valence-corrected chi connectivity index (χ0v) is 15.7. The van der Waals surface area contributed by atoms with Crippen LogP contribution < -0.4 is 0 Å². The van der Waals surface area contributed by atoms with Gasteiger partial charge < -0.3 is 0 Å². The molecule has 0 aliphatic carbocycles. The van der Waals surface area contributed by atoms with Gasteiger partial charge in [0.15, 0.2) is 0 Å². The molecule has 0 N–H and O–H groups in total. The summed E-state index contributed by atoms with van der Waals surface area (Å²) in [5.41, 5.74) is 10.5. The molecule has 0 spiro atoms. The number of rotatable bonds is 0. The van der Waals surface area contributed by atoms with Gasteiger partial charge in [-0.1, -0.05) is 32.9 Å². The normalized spacial score (nSPS) is 12.3. The zero-order valence-electron chi connectivity index (χ0n) is 15.7. The maximum atomic E-state index is 5.07. The second-order valence-electron chi connectivity index (χ2n) is 8.00. The second kappa shape index (κ2) is 5.06. The summed E-state index contributed by atoms with van der Waals surface area (Å²) in [5.74, 6) is 0. The van der Waals surface area contributed by atoms with E-state index >= 15 is 0 Å². The fraction of sp³-hybridized carbons (Fsp3) is 0.409. The van der Waals surface area contributed by atoms with Crippen molar-refractivity contribution in [2.45, 2.75) is 60.8 Å². The highest BCUT2D eigenvalue weighted by Crippen LogP contribution is 2.40. The SMILES string of the molecule is Cc1cc2nc3c(C)ccc(C)c3c(C(C)(C)C)c2c(C)c1C. The molecule has 0 aliphatic heterocycles. The fourth-order valence-corrected chi connectivity index (χ4v) is 3.72. The van der Waals surface area contributed by atoms with Crippen LogP contribution in [0.2, 0.25) is 0 Å². The predicted molar refractivity (Wildman–Crippen MR) is 102 cm³/mol. The number of hydrogen-bond donors (Lipinski definition) is 0. The van der Waals surface area contributed by atoms with E-state index in [0.29, 0.717) is 0 Å². The van der Waals surface area contributed by atoms with Crippen LogP contribution in [0.3, 0.4) is 0 Å². The Morgan fingerprint density at radius 3 is 1.96 bits per heavy atom. The quantitative estimate of drug-likeness (QED) is 0.449. The van der Waals surface area contributed by atoms with E-state index in [1.165, 1.54) is 44.2 Å². The molecule has 0 unspecified atom stereocenters. The van der Waals surface area contributed by atoms with E-state index in [0.717, 1.165) is 11.0 Å². The Kier molecular flexibility index (Phi) is 3.51. The first kappa shape index (κ1) is 16.0. The molecule has 1 heterocycles. The molecule has 0 radical (unpaired) electrons. The highest BCUT2D eigenvalue weighted by molar-refractivity contribution is 6.03. The van der Waals surface area contributed by atoms with Crippen molar-refractivity contribution < 1.29 is 0 Å². The van der Waals surface area contributed by atoms with E-state index < -0.39 is 0 Å². The molecule has 3 aromatic rings. The first-order valence-corrected chi connectivity index (χ1v) is 8.44. The third-order valence-corrected chi connectivity index (χ3v) is 5.21. The summed E-state index contributed by atoms with van der Waals surface area (Å²) in [4.78, 5) is 5.07. The van der Waals surface area contributed by atoms with Crippen molar-refractivity contribution in [3.63, 3.8) is 0 Å². The van der Waals surface area contributed by atoms with Gasteiger partial charge in [-0.05, 0) is 79.5 Å². The van der Waals surface area contributed by atoms with Gasteiger partial charge in [0.05, 0.1) is 11.0 Å². The molecular weight excluding hydrogens is 278 g/mol. The van der Waals surface area contributed by atoms with Crippen molar-refractivity contribution in [2.24, 2.45) is 0 Å². The lowest BCUT2D eigenvalue weighted by molar-refractivity contribution is 0.600. The van der Waals surface area contributed by atoms with Gasteiger partial charge >= 0.3 is 0 Å². The van der Waals surface area contributed by atoms with E-state index in [2.05, 4.69) is 73.6 Å². The van der Waals surface area contributed by atoms with E-state index in [9.17, 15) is 0 Å². The summed E-state index contributed by atoms with van der Waals surface area (Å²) in [6.07, 6.45) is 0. The molecule has 1 aromatic heterocycles. The molecule has 0 saturated carbocycles. The molecule has 23 heavy (non-hydrogen) atoms. The number of aryl methyl sites for hydroxylation is 4. The zero-order chi connectivity index (χ0) is 17.1. The van der Waals surface area contributed by atoms with Crippen LogP contribution >= 0.6 is 0 Å². The molecule has 0 bridgehead atoms. The molecule has 0 fully saturated rings. The van der Waals surface area contributed by atoms with Gasteiger partial charge in [0.1, 0.15) is 0 Å². The molecular formula is C22H27N. The van der Waals surface area contributed by atoms with E-state index in [1.807, 2.05) is 0 Å². The molecule has 0 amide bonds.